The third kappa shape index (κ3) is 4.72. The third-order valence-electron chi connectivity index (χ3n) is 5.00. The summed E-state index contributed by atoms with van der Waals surface area (Å²) in [4.78, 5) is 24.2. The van der Waals surface area contributed by atoms with E-state index in [1.165, 1.54) is 4.90 Å². The SMILES string of the molecule is O=C(Nc1ccc(F)c(F)c1F)C1CCN(c2ccc(C(F)(F)F)cc2[N+](=O)[O-])CC1. The number of nitro benzene ring substituents is 1. The second-order valence-corrected chi connectivity index (χ2v) is 6.93. The molecule has 1 saturated heterocycles. The van der Waals surface area contributed by atoms with E-state index in [0.717, 1.165) is 18.2 Å². The Kier molecular flexibility index (Phi) is 6.09. The zero-order valence-corrected chi connectivity index (χ0v) is 15.7. The first-order valence-electron chi connectivity index (χ1n) is 9.04. The average Bonchev–Trinajstić information content (AvgIpc) is 2.73. The maximum Gasteiger partial charge on any atom is 0.416 e. The maximum atomic E-state index is 13.7. The molecule has 0 aliphatic carbocycles. The highest BCUT2D eigenvalue weighted by Crippen LogP contribution is 2.37. The van der Waals surface area contributed by atoms with E-state index in [1.54, 1.807) is 0 Å². The van der Waals surface area contributed by atoms with Gasteiger partial charge in [0.25, 0.3) is 5.69 Å². The predicted molar refractivity (Wildman–Crippen MR) is 98.0 cm³/mol. The molecule has 0 atom stereocenters. The van der Waals surface area contributed by atoms with Gasteiger partial charge in [-0.3, -0.25) is 14.9 Å². The summed E-state index contributed by atoms with van der Waals surface area (Å²) in [6.45, 7) is 0.231. The Labute approximate surface area is 171 Å². The Morgan fingerprint density at radius 1 is 1.06 bits per heavy atom. The molecule has 12 heteroatoms. The number of anilines is 2. The van der Waals surface area contributed by atoms with Gasteiger partial charge in [0.2, 0.25) is 5.91 Å². The lowest BCUT2D eigenvalue weighted by molar-refractivity contribution is -0.384. The van der Waals surface area contributed by atoms with Gasteiger partial charge in [-0.2, -0.15) is 13.2 Å². The molecule has 1 aliphatic rings. The number of halogens is 6. The highest BCUT2D eigenvalue weighted by atomic mass is 19.4. The van der Waals surface area contributed by atoms with Gasteiger partial charge in [-0.1, -0.05) is 0 Å². The Morgan fingerprint density at radius 3 is 2.29 bits per heavy atom. The van der Waals surface area contributed by atoms with Crippen molar-refractivity contribution in [2.75, 3.05) is 23.3 Å². The van der Waals surface area contributed by atoms with Crippen LogP contribution in [0.1, 0.15) is 18.4 Å². The maximum absolute atomic E-state index is 13.7. The number of alkyl halides is 3. The van der Waals surface area contributed by atoms with Crippen molar-refractivity contribution in [2.45, 2.75) is 19.0 Å². The summed E-state index contributed by atoms with van der Waals surface area (Å²) in [5.74, 6) is -5.96. The van der Waals surface area contributed by atoms with Gasteiger partial charge in [-0.05, 0) is 37.1 Å². The molecule has 1 aliphatic heterocycles. The molecular weight excluding hydrogens is 432 g/mol. The lowest BCUT2D eigenvalue weighted by atomic mass is 9.95. The summed E-state index contributed by atoms with van der Waals surface area (Å²) in [6, 6.07) is 3.76. The van der Waals surface area contributed by atoms with E-state index in [-0.39, 0.29) is 31.6 Å². The molecule has 0 aromatic heterocycles. The smallest absolute Gasteiger partial charge is 0.366 e. The molecule has 0 unspecified atom stereocenters. The molecule has 1 N–H and O–H groups in total. The van der Waals surface area contributed by atoms with Gasteiger partial charge >= 0.3 is 6.18 Å². The van der Waals surface area contributed by atoms with Gasteiger partial charge in [-0.25, -0.2) is 13.2 Å². The van der Waals surface area contributed by atoms with Crippen molar-refractivity contribution in [3.05, 3.63) is 63.5 Å². The fourth-order valence-corrected chi connectivity index (χ4v) is 3.35. The van der Waals surface area contributed by atoms with Crippen molar-refractivity contribution in [3.63, 3.8) is 0 Å². The van der Waals surface area contributed by atoms with Gasteiger partial charge < -0.3 is 10.2 Å². The Balaban J connectivity index is 1.70. The van der Waals surface area contributed by atoms with Gasteiger partial charge in [0.1, 0.15) is 5.69 Å². The van der Waals surface area contributed by atoms with Crippen LogP contribution in [0.3, 0.4) is 0 Å². The van der Waals surface area contributed by atoms with E-state index >= 15 is 0 Å². The normalized spacial score (nSPS) is 15.1. The van der Waals surface area contributed by atoms with E-state index in [9.17, 15) is 41.3 Å². The van der Waals surface area contributed by atoms with Crippen LogP contribution in [0.25, 0.3) is 0 Å². The number of nitro groups is 1. The summed E-state index contributed by atoms with van der Waals surface area (Å²) >= 11 is 0. The summed E-state index contributed by atoms with van der Waals surface area (Å²) < 4.78 is 78.6. The molecule has 2 aromatic carbocycles. The minimum Gasteiger partial charge on any atom is -0.366 e. The van der Waals surface area contributed by atoms with E-state index in [4.69, 9.17) is 0 Å². The van der Waals surface area contributed by atoms with Crippen molar-refractivity contribution in [1.29, 1.82) is 0 Å². The van der Waals surface area contributed by atoms with Crippen LogP contribution in [0.2, 0.25) is 0 Å². The van der Waals surface area contributed by atoms with Crippen LogP contribution in [-0.4, -0.2) is 23.9 Å². The largest absolute Gasteiger partial charge is 0.416 e. The molecule has 1 heterocycles. The average molecular weight is 447 g/mol. The fraction of sp³-hybridized carbons (Fsp3) is 0.316. The number of benzene rings is 2. The molecule has 3 rings (SSSR count). The van der Waals surface area contributed by atoms with Crippen molar-refractivity contribution in [1.82, 2.24) is 0 Å². The molecule has 0 radical (unpaired) electrons. The highest BCUT2D eigenvalue weighted by molar-refractivity contribution is 5.92. The number of carbonyl (C=O) groups is 1. The molecule has 6 nitrogen and oxygen atoms in total. The standard InChI is InChI=1S/C19H15F6N3O3/c20-12-2-3-13(17(22)16(12)21)26-18(29)10-5-7-27(8-6-10)14-4-1-11(19(23,24)25)9-15(14)28(30)31/h1-4,9-10H,5-8H2,(H,26,29). The number of hydrogen-bond acceptors (Lipinski definition) is 4. The van der Waals surface area contributed by atoms with Crippen molar-refractivity contribution in [2.24, 2.45) is 5.92 Å². The van der Waals surface area contributed by atoms with Crippen molar-refractivity contribution < 1.29 is 36.1 Å². The fourth-order valence-electron chi connectivity index (χ4n) is 3.35. The highest BCUT2D eigenvalue weighted by Gasteiger charge is 2.35. The Hall–Kier alpha value is -3.31. The van der Waals surface area contributed by atoms with Gasteiger partial charge in [-0.15, -0.1) is 0 Å². The number of nitrogens with one attached hydrogen (secondary N) is 1. The monoisotopic (exact) mass is 447 g/mol. The van der Waals surface area contributed by atoms with E-state index in [1.807, 2.05) is 0 Å². The topological polar surface area (TPSA) is 75.5 Å². The first kappa shape index (κ1) is 22.4. The second kappa shape index (κ2) is 8.44. The third-order valence-corrected chi connectivity index (χ3v) is 5.00. The molecule has 1 fully saturated rings. The van der Waals surface area contributed by atoms with Crippen molar-refractivity contribution in [3.8, 4) is 0 Å². The summed E-state index contributed by atoms with van der Waals surface area (Å²) in [7, 11) is 0. The minimum absolute atomic E-state index is 0.0106. The first-order chi connectivity index (χ1) is 14.5. The summed E-state index contributed by atoms with van der Waals surface area (Å²) in [5, 5.41) is 13.4. The van der Waals surface area contributed by atoms with E-state index < -0.39 is 57.3 Å². The van der Waals surface area contributed by atoms with Crippen LogP contribution >= 0.6 is 0 Å². The van der Waals surface area contributed by atoms with Crippen LogP contribution in [0.15, 0.2) is 30.3 Å². The number of hydrogen-bond donors (Lipinski definition) is 1. The molecule has 2 aromatic rings. The summed E-state index contributed by atoms with van der Waals surface area (Å²) in [5.41, 5.74) is -2.39. The number of piperidine rings is 1. The second-order valence-electron chi connectivity index (χ2n) is 6.93. The number of carbonyl (C=O) groups excluding carboxylic acids is 1. The van der Waals surface area contributed by atoms with Gasteiger partial charge in [0, 0.05) is 25.1 Å². The van der Waals surface area contributed by atoms with Crippen LogP contribution in [0, 0.1) is 33.5 Å². The zero-order valence-electron chi connectivity index (χ0n) is 15.7. The zero-order chi connectivity index (χ0) is 22.9. The lowest BCUT2D eigenvalue weighted by Crippen LogP contribution is -2.38. The molecule has 31 heavy (non-hydrogen) atoms. The molecular formula is C19H15F6N3O3. The van der Waals surface area contributed by atoms with Gasteiger partial charge in [0.05, 0.1) is 16.2 Å². The van der Waals surface area contributed by atoms with Crippen LogP contribution < -0.4 is 10.2 Å². The number of amides is 1. The molecule has 0 saturated carbocycles. The summed E-state index contributed by atoms with van der Waals surface area (Å²) in [6.07, 6.45) is -4.41. The number of nitrogens with zero attached hydrogens (tertiary/aromatic N) is 2. The lowest BCUT2D eigenvalue weighted by Gasteiger charge is -2.32. The molecule has 0 bridgehead atoms. The molecule has 1 amide bonds. The number of rotatable bonds is 4. The Morgan fingerprint density at radius 2 is 1.71 bits per heavy atom. The van der Waals surface area contributed by atoms with Crippen LogP contribution in [-0.2, 0) is 11.0 Å². The first-order valence-corrected chi connectivity index (χ1v) is 9.04. The molecule has 166 valence electrons. The van der Waals surface area contributed by atoms with Crippen molar-refractivity contribution >= 4 is 23.0 Å². The van der Waals surface area contributed by atoms with E-state index in [0.29, 0.717) is 12.1 Å². The van der Waals surface area contributed by atoms with Crippen LogP contribution in [0.4, 0.5) is 43.4 Å². The van der Waals surface area contributed by atoms with Crippen LogP contribution in [0.5, 0.6) is 0 Å². The van der Waals surface area contributed by atoms with Gasteiger partial charge in [0.15, 0.2) is 17.5 Å². The predicted octanol–water partition coefficient (Wildman–Crippen LogP) is 4.89. The van der Waals surface area contributed by atoms with E-state index in [2.05, 4.69) is 5.32 Å². The Bertz CT molecular complexity index is 1020. The molecule has 0 spiro atoms. The minimum atomic E-state index is -4.73. The quantitative estimate of drug-likeness (QED) is 0.314.